The zero-order chi connectivity index (χ0) is 14.0. The van der Waals surface area contributed by atoms with Crippen LogP contribution in [0.1, 0.15) is 16.8 Å². The van der Waals surface area contributed by atoms with Crippen molar-refractivity contribution >= 4 is 38.9 Å². The van der Waals surface area contributed by atoms with E-state index < -0.39 is 9.84 Å². The molecular formula is C11H12Cl2N2O3S. The van der Waals surface area contributed by atoms with Crippen molar-refractivity contribution in [3.05, 3.63) is 28.0 Å². The van der Waals surface area contributed by atoms with Gasteiger partial charge in [-0.2, -0.15) is 0 Å². The number of pyridine rings is 1. The molecular weight excluding hydrogens is 311 g/mol. The summed E-state index contributed by atoms with van der Waals surface area (Å²) in [4.78, 5) is 17.6. The minimum Gasteiger partial charge on any atom is -0.338 e. The number of halogens is 2. The third-order valence-electron chi connectivity index (χ3n) is 2.90. The Hall–Kier alpha value is -0.850. The second-order valence-corrected chi connectivity index (χ2v) is 7.38. The highest BCUT2D eigenvalue weighted by molar-refractivity contribution is 7.91. The van der Waals surface area contributed by atoms with Gasteiger partial charge in [-0.1, -0.05) is 23.2 Å². The molecule has 1 aromatic rings. The lowest BCUT2D eigenvalue weighted by Crippen LogP contribution is -2.33. The van der Waals surface area contributed by atoms with Crippen molar-refractivity contribution < 1.29 is 13.2 Å². The normalized spacial score (nSPS) is 18.9. The van der Waals surface area contributed by atoms with E-state index >= 15 is 0 Å². The Morgan fingerprint density at radius 2 is 2.00 bits per heavy atom. The molecule has 1 aliphatic rings. The lowest BCUT2D eigenvalue weighted by molar-refractivity contribution is 0.0768. The molecule has 0 N–H and O–H groups in total. The van der Waals surface area contributed by atoms with Gasteiger partial charge in [0.25, 0.3) is 5.91 Å². The van der Waals surface area contributed by atoms with Crippen LogP contribution in [0, 0.1) is 0 Å². The van der Waals surface area contributed by atoms with Crippen LogP contribution in [0.25, 0.3) is 0 Å². The molecule has 2 heterocycles. The fraction of sp³-hybridized carbons (Fsp3) is 0.455. The van der Waals surface area contributed by atoms with Crippen molar-refractivity contribution in [3.63, 3.8) is 0 Å². The first-order valence-electron chi connectivity index (χ1n) is 5.70. The maximum absolute atomic E-state index is 12.3. The third kappa shape index (κ3) is 3.58. The van der Waals surface area contributed by atoms with Gasteiger partial charge in [-0.3, -0.25) is 4.79 Å². The molecule has 0 atom stereocenters. The van der Waals surface area contributed by atoms with Gasteiger partial charge in [0.2, 0.25) is 0 Å². The maximum atomic E-state index is 12.3. The van der Waals surface area contributed by atoms with Crippen molar-refractivity contribution in [1.29, 1.82) is 0 Å². The Bertz CT molecular complexity index is 604. The summed E-state index contributed by atoms with van der Waals surface area (Å²) in [6.45, 7) is 0.575. The number of carbonyl (C=O) groups is 1. The summed E-state index contributed by atoms with van der Waals surface area (Å²) >= 11 is 11.7. The van der Waals surface area contributed by atoms with Crippen LogP contribution in [0.5, 0.6) is 0 Å². The van der Waals surface area contributed by atoms with Gasteiger partial charge in [-0.15, -0.1) is 0 Å². The standard InChI is InChI=1S/C11H12Cl2N2O3S/c12-9-7-14-10(13)6-8(9)11(16)15-2-1-4-19(17,18)5-3-15/h6-7H,1-5H2. The van der Waals surface area contributed by atoms with Gasteiger partial charge in [0.15, 0.2) is 9.84 Å². The van der Waals surface area contributed by atoms with E-state index in [9.17, 15) is 13.2 Å². The van der Waals surface area contributed by atoms with E-state index in [0.29, 0.717) is 13.0 Å². The number of rotatable bonds is 1. The maximum Gasteiger partial charge on any atom is 0.255 e. The molecule has 1 aliphatic heterocycles. The largest absolute Gasteiger partial charge is 0.338 e. The molecule has 1 saturated heterocycles. The number of sulfone groups is 1. The first-order chi connectivity index (χ1) is 8.89. The molecule has 0 unspecified atom stereocenters. The van der Waals surface area contributed by atoms with E-state index in [1.807, 2.05) is 0 Å². The molecule has 1 aromatic heterocycles. The van der Waals surface area contributed by atoms with Crippen LogP contribution in [0.4, 0.5) is 0 Å². The quantitative estimate of drug-likeness (QED) is 0.737. The van der Waals surface area contributed by atoms with E-state index in [0.717, 1.165) is 0 Å². The van der Waals surface area contributed by atoms with Crippen molar-refractivity contribution in [1.82, 2.24) is 9.88 Å². The molecule has 1 fully saturated rings. The second-order valence-electron chi connectivity index (χ2n) is 4.28. The van der Waals surface area contributed by atoms with E-state index in [-0.39, 0.29) is 39.7 Å². The monoisotopic (exact) mass is 322 g/mol. The zero-order valence-electron chi connectivity index (χ0n) is 9.97. The van der Waals surface area contributed by atoms with Crippen LogP contribution in [0.2, 0.25) is 10.2 Å². The highest BCUT2D eigenvalue weighted by Gasteiger charge is 2.24. The smallest absolute Gasteiger partial charge is 0.255 e. The molecule has 104 valence electrons. The fourth-order valence-electron chi connectivity index (χ4n) is 1.89. The lowest BCUT2D eigenvalue weighted by atomic mass is 10.2. The second kappa shape index (κ2) is 5.64. The summed E-state index contributed by atoms with van der Waals surface area (Å²) in [5.74, 6) is -0.219. The van der Waals surface area contributed by atoms with Crippen molar-refractivity contribution in [3.8, 4) is 0 Å². The molecule has 0 bridgehead atoms. The molecule has 19 heavy (non-hydrogen) atoms. The topological polar surface area (TPSA) is 67.3 Å². The molecule has 0 aliphatic carbocycles. The average molecular weight is 323 g/mol. The number of nitrogens with zero attached hydrogens (tertiary/aromatic N) is 2. The summed E-state index contributed by atoms with van der Waals surface area (Å²) in [7, 11) is -3.05. The molecule has 5 nitrogen and oxygen atoms in total. The van der Waals surface area contributed by atoms with Crippen LogP contribution < -0.4 is 0 Å². The summed E-state index contributed by atoms with van der Waals surface area (Å²) in [5.41, 5.74) is 0.251. The molecule has 2 rings (SSSR count). The highest BCUT2D eigenvalue weighted by atomic mass is 35.5. The molecule has 8 heteroatoms. The van der Waals surface area contributed by atoms with Crippen LogP contribution in [0.3, 0.4) is 0 Å². The van der Waals surface area contributed by atoms with E-state index in [2.05, 4.69) is 4.98 Å². The SMILES string of the molecule is O=C(c1cc(Cl)ncc1Cl)N1CCCS(=O)(=O)CC1. The zero-order valence-corrected chi connectivity index (χ0v) is 12.3. The highest BCUT2D eigenvalue weighted by Crippen LogP contribution is 2.20. The fourth-order valence-corrected chi connectivity index (χ4v) is 3.50. The Labute approximate surface area is 121 Å². The van der Waals surface area contributed by atoms with Gasteiger partial charge in [0, 0.05) is 19.3 Å². The Morgan fingerprint density at radius 3 is 2.74 bits per heavy atom. The van der Waals surface area contributed by atoms with E-state index in [1.165, 1.54) is 17.2 Å². The average Bonchev–Trinajstić information content (AvgIpc) is 2.52. The van der Waals surface area contributed by atoms with Crippen LogP contribution in [-0.2, 0) is 9.84 Å². The summed E-state index contributed by atoms with van der Waals surface area (Å²) in [6.07, 6.45) is 1.75. The van der Waals surface area contributed by atoms with E-state index in [4.69, 9.17) is 23.2 Å². The lowest BCUT2D eigenvalue weighted by Gasteiger charge is -2.20. The van der Waals surface area contributed by atoms with Gasteiger partial charge in [0.1, 0.15) is 5.15 Å². The molecule has 0 saturated carbocycles. The van der Waals surface area contributed by atoms with Gasteiger partial charge >= 0.3 is 0 Å². The number of hydrogen-bond acceptors (Lipinski definition) is 4. The molecule has 0 spiro atoms. The van der Waals surface area contributed by atoms with Gasteiger partial charge < -0.3 is 4.90 Å². The number of carbonyl (C=O) groups excluding carboxylic acids is 1. The van der Waals surface area contributed by atoms with Crippen LogP contribution in [-0.4, -0.2) is 48.8 Å². The Balaban J connectivity index is 2.22. The summed E-state index contributed by atoms with van der Waals surface area (Å²) in [6, 6.07) is 1.39. The van der Waals surface area contributed by atoms with Crippen molar-refractivity contribution in [2.24, 2.45) is 0 Å². The Morgan fingerprint density at radius 1 is 1.26 bits per heavy atom. The predicted octanol–water partition coefficient (Wildman–Crippen LogP) is 1.65. The third-order valence-corrected chi connectivity index (χ3v) is 5.12. The van der Waals surface area contributed by atoms with Gasteiger partial charge in [-0.05, 0) is 12.5 Å². The first-order valence-corrected chi connectivity index (χ1v) is 8.27. The summed E-state index contributed by atoms with van der Waals surface area (Å²) in [5, 5.41) is 0.386. The van der Waals surface area contributed by atoms with Crippen molar-refractivity contribution in [2.75, 3.05) is 24.6 Å². The van der Waals surface area contributed by atoms with Gasteiger partial charge in [-0.25, -0.2) is 13.4 Å². The van der Waals surface area contributed by atoms with Crippen LogP contribution >= 0.6 is 23.2 Å². The van der Waals surface area contributed by atoms with Crippen molar-refractivity contribution in [2.45, 2.75) is 6.42 Å². The molecule has 0 radical (unpaired) electrons. The number of aromatic nitrogens is 1. The van der Waals surface area contributed by atoms with E-state index in [1.54, 1.807) is 0 Å². The minimum absolute atomic E-state index is 0.0187. The molecule has 1 amide bonds. The minimum atomic E-state index is -3.05. The first kappa shape index (κ1) is 14.6. The van der Waals surface area contributed by atoms with Gasteiger partial charge in [0.05, 0.1) is 22.1 Å². The Kier molecular flexibility index (Phi) is 4.32. The number of amides is 1. The predicted molar refractivity (Wildman–Crippen MR) is 73.4 cm³/mol. The summed E-state index contributed by atoms with van der Waals surface area (Å²) < 4.78 is 23.0. The molecule has 0 aromatic carbocycles. The number of hydrogen-bond donors (Lipinski definition) is 0. The van der Waals surface area contributed by atoms with Crippen LogP contribution in [0.15, 0.2) is 12.3 Å².